The van der Waals surface area contributed by atoms with Crippen LogP contribution >= 0.6 is 0 Å². The van der Waals surface area contributed by atoms with E-state index < -0.39 is 46.1 Å². The number of aromatic nitrogens is 1. The summed E-state index contributed by atoms with van der Waals surface area (Å²) in [6.07, 6.45) is -2.72. The lowest BCUT2D eigenvalue weighted by molar-refractivity contribution is -0.143. The number of allylic oxidation sites excluding steroid dienone is 1. The molecule has 7 rings (SSSR count). The molecule has 3 aromatic carbocycles. The molecule has 3 aliphatic rings. The predicted molar refractivity (Wildman–Crippen MR) is 152 cm³/mol. The van der Waals surface area contributed by atoms with Crippen molar-refractivity contribution in [1.29, 1.82) is 0 Å². The average molecular weight is 600 g/mol. The highest BCUT2D eigenvalue weighted by Gasteiger charge is 2.45. The van der Waals surface area contributed by atoms with E-state index in [9.17, 15) is 35.9 Å². The third-order valence-corrected chi connectivity index (χ3v) is 9.09. The quantitative estimate of drug-likeness (QED) is 0.128. The van der Waals surface area contributed by atoms with Gasteiger partial charge in [-0.1, -0.05) is 24.3 Å². The van der Waals surface area contributed by atoms with Crippen LogP contribution in [0.2, 0.25) is 0 Å². The Morgan fingerprint density at radius 1 is 0.860 bits per heavy atom. The van der Waals surface area contributed by atoms with E-state index in [4.69, 9.17) is 0 Å². The third-order valence-electron chi connectivity index (χ3n) is 9.09. The van der Waals surface area contributed by atoms with Crippen molar-refractivity contribution >= 4 is 28.0 Å². The number of pyridine rings is 1. The molecular formula is C32H27F6N3O2. The SMILES string of the molecule is C=C[C@H]1C[C@@H]2CC[C@H]1C[C@@H]2[C@H](Nc1c(Nc2cc(C(F)(F)F)cc(C(F)(F)F)c2)c(=O)c1=O)c1ccnc2ccccc12. The van der Waals surface area contributed by atoms with E-state index in [1.54, 1.807) is 6.20 Å². The summed E-state index contributed by atoms with van der Waals surface area (Å²) in [6.45, 7) is 3.99. The molecule has 2 bridgehead atoms. The van der Waals surface area contributed by atoms with Gasteiger partial charge in [0.05, 0.1) is 22.7 Å². The molecule has 3 fully saturated rings. The van der Waals surface area contributed by atoms with E-state index in [1.165, 1.54) is 0 Å². The van der Waals surface area contributed by atoms with Gasteiger partial charge < -0.3 is 10.6 Å². The van der Waals surface area contributed by atoms with Crippen molar-refractivity contribution < 1.29 is 26.3 Å². The summed E-state index contributed by atoms with van der Waals surface area (Å²) >= 11 is 0. The fraction of sp³-hybridized carbons (Fsp3) is 0.344. The predicted octanol–water partition coefficient (Wildman–Crippen LogP) is 8.00. The second-order valence-corrected chi connectivity index (χ2v) is 11.5. The maximum absolute atomic E-state index is 13.5. The second kappa shape index (κ2) is 10.5. The number of benzene rings is 2. The average Bonchev–Trinajstić information content (AvgIpc) is 2.99. The van der Waals surface area contributed by atoms with Crippen LogP contribution in [0.5, 0.6) is 0 Å². The number of rotatable bonds is 7. The zero-order chi connectivity index (χ0) is 30.7. The number of halogens is 6. The Hall–Kier alpha value is -4.15. The lowest BCUT2D eigenvalue weighted by Gasteiger charge is -2.49. The summed E-state index contributed by atoms with van der Waals surface area (Å²) in [6, 6.07) is 9.82. The largest absolute Gasteiger partial charge is 0.416 e. The van der Waals surface area contributed by atoms with E-state index in [0.717, 1.165) is 42.1 Å². The van der Waals surface area contributed by atoms with Crippen LogP contribution in [0, 0.1) is 23.7 Å². The molecule has 0 radical (unpaired) electrons. The van der Waals surface area contributed by atoms with Crippen molar-refractivity contribution in [2.75, 3.05) is 10.6 Å². The first-order valence-electron chi connectivity index (χ1n) is 14.0. The molecule has 5 atom stereocenters. The van der Waals surface area contributed by atoms with Crippen LogP contribution in [0.25, 0.3) is 10.9 Å². The monoisotopic (exact) mass is 599 g/mol. The van der Waals surface area contributed by atoms with Gasteiger partial charge in [-0.2, -0.15) is 26.3 Å². The van der Waals surface area contributed by atoms with Gasteiger partial charge in [0.25, 0.3) is 10.9 Å². The van der Waals surface area contributed by atoms with Gasteiger partial charge in [0.15, 0.2) is 0 Å². The van der Waals surface area contributed by atoms with Crippen LogP contribution in [-0.2, 0) is 12.4 Å². The number of para-hydroxylation sites is 1. The van der Waals surface area contributed by atoms with Crippen LogP contribution < -0.4 is 21.5 Å². The van der Waals surface area contributed by atoms with Gasteiger partial charge in [-0.25, -0.2) is 0 Å². The fourth-order valence-electron chi connectivity index (χ4n) is 7.00. The molecule has 1 heterocycles. The third kappa shape index (κ3) is 5.29. The lowest BCUT2D eigenvalue weighted by Crippen LogP contribution is -2.44. The van der Waals surface area contributed by atoms with E-state index >= 15 is 0 Å². The standard InChI is InChI=1S/C32H27F6N3O2/c1-2-16-11-18-8-7-17(16)12-24(18)26(23-9-10-39-25-6-4-3-5-22(23)25)41-28-27(29(42)30(28)43)40-21-14-19(31(33,34)35)13-20(15-21)32(36,37)38/h2-6,9-10,13-18,24,26,40-41H,1,7-8,11-12H2/t16-,17-,18-,24-,26+/m0/s1. The summed E-state index contributed by atoms with van der Waals surface area (Å²) in [5, 5.41) is 6.48. The summed E-state index contributed by atoms with van der Waals surface area (Å²) in [4.78, 5) is 30.0. The molecule has 4 aromatic rings. The number of nitrogens with zero attached hydrogens (tertiary/aromatic N) is 1. The highest BCUT2D eigenvalue weighted by atomic mass is 19.4. The topological polar surface area (TPSA) is 71.1 Å². The zero-order valence-electron chi connectivity index (χ0n) is 22.7. The fourth-order valence-corrected chi connectivity index (χ4v) is 7.00. The van der Waals surface area contributed by atoms with Crippen molar-refractivity contribution in [3.63, 3.8) is 0 Å². The minimum Gasteiger partial charge on any atom is -0.373 e. The lowest BCUT2D eigenvalue weighted by atomic mass is 9.57. The molecule has 2 N–H and O–H groups in total. The Morgan fingerprint density at radius 2 is 1.51 bits per heavy atom. The molecule has 0 unspecified atom stereocenters. The molecule has 43 heavy (non-hydrogen) atoms. The van der Waals surface area contributed by atoms with Gasteiger partial charge in [-0.05, 0) is 85.3 Å². The van der Waals surface area contributed by atoms with Gasteiger partial charge in [-0.3, -0.25) is 14.6 Å². The summed E-state index contributed by atoms with van der Waals surface area (Å²) in [5.74, 6) is 1.08. The molecule has 1 aromatic heterocycles. The van der Waals surface area contributed by atoms with Crippen LogP contribution in [0.1, 0.15) is 48.4 Å². The van der Waals surface area contributed by atoms with Crippen LogP contribution in [0.15, 0.2) is 77.0 Å². The van der Waals surface area contributed by atoms with E-state index in [1.807, 2.05) is 36.4 Å². The highest BCUT2D eigenvalue weighted by Crippen LogP contribution is 2.53. The van der Waals surface area contributed by atoms with Crippen LogP contribution in [-0.4, -0.2) is 4.98 Å². The smallest absolute Gasteiger partial charge is 0.373 e. The summed E-state index contributed by atoms with van der Waals surface area (Å²) < 4.78 is 80.7. The minimum atomic E-state index is -5.07. The number of hydrogen-bond donors (Lipinski definition) is 2. The molecular weight excluding hydrogens is 572 g/mol. The summed E-state index contributed by atoms with van der Waals surface area (Å²) in [5.41, 5.74) is -4.55. The van der Waals surface area contributed by atoms with E-state index in [0.29, 0.717) is 24.0 Å². The Kier molecular flexibility index (Phi) is 7.09. The van der Waals surface area contributed by atoms with Gasteiger partial charge in [0, 0.05) is 17.3 Å². The Balaban J connectivity index is 1.41. The summed E-state index contributed by atoms with van der Waals surface area (Å²) in [7, 11) is 0. The maximum Gasteiger partial charge on any atom is 0.416 e. The first-order valence-corrected chi connectivity index (χ1v) is 14.0. The Morgan fingerprint density at radius 3 is 2.14 bits per heavy atom. The first kappa shape index (κ1) is 28.9. The molecule has 0 spiro atoms. The molecule has 0 amide bonds. The zero-order valence-corrected chi connectivity index (χ0v) is 22.7. The van der Waals surface area contributed by atoms with Crippen molar-refractivity contribution in [3.05, 3.63) is 105 Å². The molecule has 3 aliphatic carbocycles. The second-order valence-electron chi connectivity index (χ2n) is 11.5. The van der Waals surface area contributed by atoms with Crippen molar-refractivity contribution in [3.8, 4) is 0 Å². The number of alkyl halides is 6. The van der Waals surface area contributed by atoms with Crippen molar-refractivity contribution in [2.45, 2.75) is 44.1 Å². The van der Waals surface area contributed by atoms with Crippen molar-refractivity contribution in [1.82, 2.24) is 4.98 Å². The van der Waals surface area contributed by atoms with Gasteiger partial charge in [-0.15, -0.1) is 6.58 Å². The van der Waals surface area contributed by atoms with Crippen LogP contribution in [0.4, 0.5) is 43.4 Å². The highest BCUT2D eigenvalue weighted by molar-refractivity contribution is 5.84. The number of hydrogen-bond acceptors (Lipinski definition) is 5. The van der Waals surface area contributed by atoms with Crippen molar-refractivity contribution in [2.24, 2.45) is 23.7 Å². The molecule has 224 valence electrons. The molecule has 0 aliphatic heterocycles. The number of nitrogens with one attached hydrogen (secondary N) is 2. The normalized spacial score (nSPS) is 22.9. The number of anilines is 3. The first-order chi connectivity index (χ1) is 20.3. The Labute approximate surface area is 242 Å². The van der Waals surface area contributed by atoms with Gasteiger partial charge in [0.2, 0.25) is 0 Å². The molecule has 11 heteroatoms. The van der Waals surface area contributed by atoms with Gasteiger partial charge >= 0.3 is 12.4 Å². The van der Waals surface area contributed by atoms with E-state index in [-0.39, 0.29) is 29.3 Å². The number of fused-ring (bicyclic) bond motifs is 4. The minimum absolute atomic E-state index is 0.00563. The van der Waals surface area contributed by atoms with Gasteiger partial charge in [0.1, 0.15) is 11.4 Å². The maximum atomic E-state index is 13.5. The molecule has 3 saturated carbocycles. The molecule has 5 nitrogen and oxygen atoms in total. The molecule has 0 saturated heterocycles. The Bertz CT molecular complexity index is 1730. The van der Waals surface area contributed by atoms with E-state index in [2.05, 4.69) is 22.2 Å². The van der Waals surface area contributed by atoms with Crippen LogP contribution in [0.3, 0.4) is 0 Å².